The van der Waals surface area contributed by atoms with Crippen molar-refractivity contribution in [2.45, 2.75) is 0 Å². The van der Waals surface area contributed by atoms with Gasteiger partial charge < -0.3 is 9.80 Å². The van der Waals surface area contributed by atoms with Crippen LogP contribution in [0.3, 0.4) is 0 Å². The molecule has 0 atom stereocenters. The summed E-state index contributed by atoms with van der Waals surface area (Å²) in [6.07, 6.45) is 1.66. The van der Waals surface area contributed by atoms with Gasteiger partial charge in [0.2, 0.25) is 0 Å². The minimum atomic E-state index is 0.0555. The van der Waals surface area contributed by atoms with E-state index in [0.717, 1.165) is 30.7 Å². The summed E-state index contributed by atoms with van der Waals surface area (Å²) in [6.45, 7) is 3.43. The molecule has 1 fully saturated rings. The van der Waals surface area contributed by atoms with Crippen molar-refractivity contribution in [3.8, 4) is 0 Å². The highest BCUT2D eigenvalue weighted by molar-refractivity contribution is 9.10. The first kappa shape index (κ1) is 11.6. The van der Waals surface area contributed by atoms with E-state index in [1.807, 2.05) is 4.90 Å². The first-order valence-corrected chi connectivity index (χ1v) is 6.04. The summed E-state index contributed by atoms with van der Waals surface area (Å²) in [5.74, 6) is 0.0555. The Kier molecular flexibility index (Phi) is 3.30. The molecule has 0 aliphatic carbocycles. The maximum Gasteiger partial charge on any atom is 0.273 e. The van der Waals surface area contributed by atoms with Crippen molar-refractivity contribution in [1.29, 1.82) is 0 Å². The van der Waals surface area contributed by atoms with Gasteiger partial charge in [-0.1, -0.05) is 0 Å². The topological polar surface area (TPSA) is 41.4 Å². The number of nitrogens with zero attached hydrogens (tertiary/aromatic N) is 4. The van der Waals surface area contributed by atoms with E-state index in [1.165, 1.54) is 0 Å². The lowest BCUT2D eigenvalue weighted by Gasteiger charge is -2.32. The summed E-state index contributed by atoms with van der Waals surface area (Å²) >= 11 is 3.35. The molecule has 5 nitrogen and oxygen atoms in total. The molecule has 2 heterocycles. The number of hydrogen-bond acceptors (Lipinski definition) is 3. The quantitative estimate of drug-likeness (QED) is 0.758. The van der Waals surface area contributed by atoms with Crippen LogP contribution in [0.4, 0.5) is 0 Å². The summed E-state index contributed by atoms with van der Waals surface area (Å²) in [5.41, 5.74) is 0.629. The van der Waals surface area contributed by atoms with Crippen molar-refractivity contribution in [3.05, 3.63) is 16.4 Å². The molecule has 0 N–H and O–H groups in total. The van der Waals surface area contributed by atoms with Crippen molar-refractivity contribution < 1.29 is 4.79 Å². The monoisotopic (exact) mass is 286 g/mol. The second kappa shape index (κ2) is 4.55. The van der Waals surface area contributed by atoms with Crippen LogP contribution in [0.5, 0.6) is 0 Å². The van der Waals surface area contributed by atoms with Crippen LogP contribution in [0, 0.1) is 0 Å². The van der Waals surface area contributed by atoms with E-state index in [0.29, 0.717) is 5.69 Å². The third-order valence-electron chi connectivity index (χ3n) is 2.89. The summed E-state index contributed by atoms with van der Waals surface area (Å²) < 4.78 is 2.38. The van der Waals surface area contributed by atoms with E-state index in [1.54, 1.807) is 17.9 Å². The lowest BCUT2D eigenvalue weighted by atomic mass is 10.3. The predicted octanol–water partition coefficient (Wildman–Crippen LogP) is 0.570. The number of piperazine rings is 1. The van der Waals surface area contributed by atoms with Crippen molar-refractivity contribution in [2.24, 2.45) is 7.05 Å². The molecule has 6 heteroatoms. The molecule has 0 unspecified atom stereocenters. The van der Waals surface area contributed by atoms with E-state index in [-0.39, 0.29) is 5.91 Å². The van der Waals surface area contributed by atoms with Crippen LogP contribution in [0.1, 0.15) is 10.5 Å². The molecule has 1 amide bonds. The number of amides is 1. The van der Waals surface area contributed by atoms with E-state index in [2.05, 4.69) is 33.0 Å². The molecule has 1 aromatic heterocycles. The average molecular weight is 287 g/mol. The first-order valence-electron chi connectivity index (χ1n) is 5.25. The third kappa shape index (κ3) is 2.12. The Morgan fingerprint density at radius 1 is 1.31 bits per heavy atom. The Bertz CT molecular complexity index is 376. The Balaban J connectivity index is 2.14. The number of aryl methyl sites for hydroxylation is 1. The number of rotatable bonds is 1. The number of likely N-dealkylation sites (N-methyl/N-ethyl adjacent to an activating group) is 1. The number of aromatic nitrogens is 2. The summed E-state index contributed by atoms with van der Waals surface area (Å²) in [7, 11) is 3.86. The number of carbonyl (C=O) groups is 1. The van der Waals surface area contributed by atoms with Gasteiger partial charge in [0.1, 0.15) is 5.69 Å². The number of halogens is 1. The molecule has 0 radical (unpaired) electrons. The highest BCUT2D eigenvalue weighted by Crippen LogP contribution is 2.17. The smallest absolute Gasteiger partial charge is 0.273 e. The van der Waals surface area contributed by atoms with E-state index < -0.39 is 0 Å². The van der Waals surface area contributed by atoms with Crippen LogP contribution in [0.25, 0.3) is 0 Å². The Hall–Kier alpha value is -0.880. The highest BCUT2D eigenvalue weighted by Gasteiger charge is 2.24. The maximum atomic E-state index is 12.2. The van der Waals surface area contributed by atoms with Gasteiger partial charge in [0.25, 0.3) is 5.91 Å². The summed E-state index contributed by atoms with van der Waals surface area (Å²) in [4.78, 5) is 16.3. The second-order valence-corrected chi connectivity index (χ2v) is 4.91. The lowest BCUT2D eigenvalue weighted by molar-refractivity contribution is 0.0652. The number of carbonyl (C=O) groups excluding carboxylic acids is 1. The molecule has 0 aromatic carbocycles. The molecular weight excluding hydrogens is 272 g/mol. The van der Waals surface area contributed by atoms with Gasteiger partial charge >= 0.3 is 0 Å². The molecule has 2 rings (SSSR count). The zero-order valence-corrected chi connectivity index (χ0v) is 11.1. The van der Waals surface area contributed by atoms with Gasteiger partial charge in [-0.25, -0.2) is 0 Å². The van der Waals surface area contributed by atoms with Gasteiger partial charge in [0, 0.05) is 33.2 Å². The fourth-order valence-electron chi connectivity index (χ4n) is 1.81. The predicted molar refractivity (Wildman–Crippen MR) is 64.3 cm³/mol. The minimum absolute atomic E-state index is 0.0555. The summed E-state index contributed by atoms with van der Waals surface area (Å²) in [5, 5.41) is 4.06. The molecule has 0 spiro atoms. The number of hydrogen-bond donors (Lipinski definition) is 0. The van der Waals surface area contributed by atoms with E-state index in [9.17, 15) is 4.79 Å². The fraction of sp³-hybridized carbons (Fsp3) is 0.600. The van der Waals surface area contributed by atoms with Gasteiger partial charge in [-0.3, -0.25) is 9.48 Å². The van der Waals surface area contributed by atoms with Gasteiger partial charge in [-0.15, -0.1) is 0 Å². The average Bonchev–Trinajstić information content (AvgIpc) is 2.59. The SMILES string of the molecule is CN1CCN(C(=O)c2c(Br)cnn2C)CC1. The van der Waals surface area contributed by atoms with Crippen molar-refractivity contribution in [2.75, 3.05) is 33.2 Å². The van der Waals surface area contributed by atoms with Gasteiger partial charge in [0.05, 0.1) is 10.7 Å². The molecule has 1 aliphatic rings. The normalized spacial score (nSPS) is 17.8. The zero-order valence-electron chi connectivity index (χ0n) is 9.48. The van der Waals surface area contributed by atoms with Crippen LogP contribution in [0.2, 0.25) is 0 Å². The molecular formula is C10H15BrN4O. The Morgan fingerprint density at radius 3 is 2.44 bits per heavy atom. The first-order chi connectivity index (χ1) is 7.59. The van der Waals surface area contributed by atoms with Gasteiger partial charge in [-0.05, 0) is 23.0 Å². The lowest BCUT2D eigenvalue weighted by Crippen LogP contribution is -2.47. The third-order valence-corrected chi connectivity index (χ3v) is 3.47. The molecule has 1 aliphatic heterocycles. The molecule has 0 saturated carbocycles. The maximum absolute atomic E-state index is 12.2. The largest absolute Gasteiger partial charge is 0.335 e. The molecule has 1 saturated heterocycles. The summed E-state index contributed by atoms with van der Waals surface area (Å²) in [6, 6.07) is 0. The van der Waals surface area contributed by atoms with Crippen LogP contribution in [-0.2, 0) is 7.05 Å². The van der Waals surface area contributed by atoms with E-state index >= 15 is 0 Å². The minimum Gasteiger partial charge on any atom is -0.335 e. The van der Waals surface area contributed by atoms with Crippen LogP contribution >= 0.6 is 15.9 Å². The van der Waals surface area contributed by atoms with Crippen LogP contribution in [-0.4, -0.2) is 58.7 Å². The Labute approximate surface area is 103 Å². The molecule has 1 aromatic rings. The van der Waals surface area contributed by atoms with Gasteiger partial charge in [-0.2, -0.15) is 5.10 Å². The van der Waals surface area contributed by atoms with E-state index in [4.69, 9.17) is 0 Å². The zero-order chi connectivity index (χ0) is 11.7. The van der Waals surface area contributed by atoms with Crippen molar-refractivity contribution in [1.82, 2.24) is 19.6 Å². The Morgan fingerprint density at radius 2 is 1.94 bits per heavy atom. The fourth-order valence-corrected chi connectivity index (χ4v) is 2.33. The molecule has 88 valence electrons. The van der Waals surface area contributed by atoms with Crippen LogP contribution < -0.4 is 0 Å². The van der Waals surface area contributed by atoms with Gasteiger partial charge in [0.15, 0.2) is 0 Å². The van der Waals surface area contributed by atoms with Crippen LogP contribution in [0.15, 0.2) is 10.7 Å². The standard InChI is InChI=1S/C10H15BrN4O/c1-13-3-5-15(6-4-13)10(16)9-8(11)7-12-14(9)2/h7H,3-6H2,1-2H3. The molecule has 0 bridgehead atoms. The molecule has 16 heavy (non-hydrogen) atoms. The highest BCUT2D eigenvalue weighted by atomic mass is 79.9. The van der Waals surface area contributed by atoms with Crippen molar-refractivity contribution >= 4 is 21.8 Å². The second-order valence-electron chi connectivity index (χ2n) is 4.06. The van der Waals surface area contributed by atoms with Crippen molar-refractivity contribution in [3.63, 3.8) is 0 Å².